The molecule has 0 amide bonds. The maximum absolute atomic E-state index is 9.01. The second kappa shape index (κ2) is 7.11. The van der Waals surface area contributed by atoms with Crippen LogP contribution in [0.25, 0.3) is 0 Å². The molecule has 0 aromatic carbocycles. The Hall–Kier alpha value is -0.970. The summed E-state index contributed by atoms with van der Waals surface area (Å²) in [5, 5.41) is 9.01. The summed E-state index contributed by atoms with van der Waals surface area (Å²) in [7, 11) is 0. The summed E-state index contributed by atoms with van der Waals surface area (Å²) in [5.41, 5.74) is 3.03. The molecule has 24 heavy (non-hydrogen) atoms. The number of hydrogen-bond acceptors (Lipinski definition) is 4. The third-order valence-corrected chi connectivity index (χ3v) is 5.85. The van der Waals surface area contributed by atoms with Crippen molar-refractivity contribution in [2.75, 3.05) is 13.2 Å². The van der Waals surface area contributed by atoms with E-state index in [1.165, 1.54) is 37.1 Å². The molecule has 1 saturated heterocycles. The lowest BCUT2D eigenvalue weighted by Crippen LogP contribution is -2.35. The van der Waals surface area contributed by atoms with Crippen LogP contribution >= 0.6 is 12.4 Å². The minimum absolute atomic E-state index is 0. The molecule has 4 rings (SSSR count). The molecule has 3 aliphatic heterocycles. The fourth-order valence-corrected chi connectivity index (χ4v) is 4.66. The third-order valence-electron chi connectivity index (χ3n) is 5.85. The van der Waals surface area contributed by atoms with Crippen LogP contribution in [0.3, 0.4) is 0 Å². The van der Waals surface area contributed by atoms with E-state index in [0.717, 1.165) is 19.3 Å². The Morgan fingerprint density at radius 2 is 2.29 bits per heavy atom. The van der Waals surface area contributed by atoms with Crippen molar-refractivity contribution >= 4 is 12.4 Å². The van der Waals surface area contributed by atoms with E-state index in [9.17, 15) is 0 Å². The Labute approximate surface area is 150 Å². The first-order valence-corrected chi connectivity index (χ1v) is 9.03. The van der Waals surface area contributed by atoms with Crippen molar-refractivity contribution in [1.29, 1.82) is 0 Å². The van der Waals surface area contributed by atoms with E-state index in [4.69, 9.17) is 14.6 Å². The number of hydrogen-bond donors (Lipinski definition) is 1. The predicted octanol–water partition coefficient (Wildman–Crippen LogP) is 3.87. The fraction of sp³-hybridized carbons (Fsp3) is 0.684. The Balaban J connectivity index is 0.00000169. The van der Waals surface area contributed by atoms with E-state index in [0.29, 0.717) is 6.61 Å². The molecule has 3 atom stereocenters. The smallest absolute Gasteiger partial charge is 0.127 e. The van der Waals surface area contributed by atoms with Gasteiger partial charge in [0.15, 0.2) is 0 Å². The Morgan fingerprint density at radius 1 is 1.42 bits per heavy atom. The summed E-state index contributed by atoms with van der Waals surface area (Å²) >= 11 is 0. The molecular formula is C19H28ClNO3. The molecule has 0 bridgehead atoms. The first-order valence-electron chi connectivity index (χ1n) is 9.03. The highest BCUT2D eigenvalue weighted by molar-refractivity contribution is 5.85. The van der Waals surface area contributed by atoms with Gasteiger partial charge in [0.1, 0.15) is 11.9 Å². The number of aliphatic hydroxyl groups excluding tert-OH is 1. The molecule has 0 radical (unpaired) electrons. The lowest BCUT2D eigenvalue weighted by molar-refractivity contribution is -0.0361. The summed E-state index contributed by atoms with van der Waals surface area (Å²) in [6.07, 6.45) is 15.1. The number of halogens is 1. The van der Waals surface area contributed by atoms with Gasteiger partial charge in [-0.15, -0.1) is 12.4 Å². The number of aliphatic hydroxyl groups is 1. The molecule has 5 heteroatoms. The zero-order chi connectivity index (χ0) is 15.9. The number of nitrogens with zero attached hydrogens (tertiary/aromatic N) is 1. The van der Waals surface area contributed by atoms with Crippen LogP contribution in [-0.4, -0.2) is 35.4 Å². The molecule has 0 aromatic heterocycles. The van der Waals surface area contributed by atoms with Crippen molar-refractivity contribution in [2.45, 2.75) is 64.1 Å². The monoisotopic (exact) mass is 353 g/mol. The molecule has 134 valence electrons. The van der Waals surface area contributed by atoms with Gasteiger partial charge in [0, 0.05) is 18.8 Å². The van der Waals surface area contributed by atoms with Gasteiger partial charge in [-0.3, -0.25) is 0 Å². The zero-order valence-corrected chi connectivity index (χ0v) is 15.2. The number of allylic oxidation sites excluding steroid dienone is 3. The average molecular weight is 354 g/mol. The quantitative estimate of drug-likeness (QED) is 0.833. The van der Waals surface area contributed by atoms with E-state index >= 15 is 0 Å². The second-order valence-corrected chi connectivity index (χ2v) is 7.21. The lowest BCUT2D eigenvalue weighted by Gasteiger charge is -2.43. The zero-order valence-electron chi connectivity index (χ0n) is 14.4. The van der Waals surface area contributed by atoms with Crippen LogP contribution in [-0.2, 0) is 9.47 Å². The first kappa shape index (κ1) is 17.8. The minimum Gasteiger partial charge on any atom is -0.489 e. The first-order chi connectivity index (χ1) is 11.2. The van der Waals surface area contributed by atoms with Crippen LogP contribution in [0, 0.1) is 5.41 Å². The Bertz CT molecular complexity index is 571. The minimum atomic E-state index is 0. The molecule has 4 nitrogen and oxygen atoms in total. The molecule has 0 aromatic rings. The normalized spacial score (nSPS) is 32.2. The van der Waals surface area contributed by atoms with Gasteiger partial charge in [0.25, 0.3) is 0 Å². The van der Waals surface area contributed by atoms with Crippen molar-refractivity contribution in [2.24, 2.45) is 5.41 Å². The molecule has 3 unspecified atom stereocenters. The van der Waals surface area contributed by atoms with Gasteiger partial charge in [-0.2, -0.15) is 0 Å². The average Bonchev–Trinajstić information content (AvgIpc) is 2.97. The van der Waals surface area contributed by atoms with E-state index < -0.39 is 0 Å². The van der Waals surface area contributed by atoms with Gasteiger partial charge in [0.05, 0.1) is 30.4 Å². The maximum atomic E-state index is 9.01. The van der Waals surface area contributed by atoms with Crippen LogP contribution < -0.4 is 0 Å². The lowest BCUT2D eigenvalue weighted by atomic mass is 9.65. The van der Waals surface area contributed by atoms with Crippen molar-refractivity contribution < 1.29 is 14.6 Å². The summed E-state index contributed by atoms with van der Waals surface area (Å²) < 4.78 is 12.3. The Morgan fingerprint density at radius 3 is 3.12 bits per heavy atom. The summed E-state index contributed by atoms with van der Waals surface area (Å²) in [4.78, 5) is 2.29. The van der Waals surface area contributed by atoms with E-state index in [1.54, 1.807) is 5.57 Å². The highest BCUT2D eigenvalue weighted by Gasteiger charge is 2.53. The second-order valence-electron chi connectivity index (χ2n) is 7.21. The number of ether oxygens (including phenoxy) is 2. The van der Waals surface area contributed by atoms with Crippen LogP contribution in [0.15, 0.2) is 35.5 Å². The molecular weight excluding hydrogens is 326 g/mol. The molecule has 1 saturated carbocycles. The summed E-state index contributed by atoms with van der Waals surface area (Å²) in [5.74, 6) is 1.23. The predicted molar refractivity (Wildman–Crippen MR) is 95.5 cm³/mol. The van der Waals surface area contributed by atoms with Crippen molar-refractivity contribution in [1.82, 2.24) is 4.90 Å². The fourth-order valence-electron chi connectivity index (χ4n) is 4.66. The highest BCUT2D eigenvalue weighted by atomic mass is 35.5. The van der Waals surface area contributed by atoms with Crippen LogP contribution in [0.2, 0.25) is 0 Å². The standard InChI is InChI=1S/C19H27NO3.ClH/c1-14(22-11-10-21)17-12-19-8-4-2-6-15(19)13-20-9-5-3-7-16(20)18(19)23-17;/h5,9,13-14,17,21H,2-4,6-8,10-12H2,1H3;1H. The van der Waals surface area contributed by atoms with Gasteiger partial charge in [-0.1, -0.05) is 12.5 Å². The largest absolute Gasteiger partial charge is 0.489 e. The SMILES string of the molecule is CC(OCCO)C1CC23CCCCC2=CN2C=CCCC2=C3O1.Cl. The van der Waals surface area contributed by atoms with Crippen molar-refractivity contribution in [3.63, 3.8) is 0 Å². The van der Waals surface area contributed by atoms with Crippen molar-refractivity contribution in [3.05, 3.63) is 35.5 Å². The van der Waals surface area contributed by atoms with Crippen LogP contribution in [0.5, 0.6) is 0 Å². The molecule has 4 aliphatic rings. The Kier molecular flexibility index (Phi) is 5.28. The van der Waals surface area contributed by atoms with E-state index in [-0.39, 0.29) is 36.6 Å². The number of rotatable bonds is 4. The molecule has 3 heterocycles. The molecule has 1 aliphatic carbocycles. The van der Waals surface area contributed by atoms with Gasteiger partial charge in [-0.25, -0.2) is 0 Å². The van der Waals surface area contributed by atoms with Gasteiger partial charge in [0.2, 0.25) is 0 Å². The molecule has 1 N–H and O–H groups in total. The van der Waals surface area contributed by atoms with E-state index in [1.807, 2.05) is 0 Å². The van der Waals surface area contributed by atoms with E-state index in [2.05, 4.69) is 30.3 Å². The third kappa shape index (κ3) is 2.79. The summed E-state index contributed by atoms with van der Waals surface area (Å²) in [6.45, 7) is 2.53. The number of fused-ring (bicyclic) bond motifs is 1. The van der Waals surface area contributed by atoms with Crippen LogP contribution in [0.1, 0.15) is 51.9 Å². The van der Waals surface area contributed by atoms with Gasteiger partial charge < -0.3 is 19.5 Å². The van der Waals surface area contributed by atoms with Crippen molar-refractivity contribution in [3.8, 4) is 0 Å². The molecule has 2 fully saturated rings. The molecule has 1 spiro atoms. The van der Waals surface area contributed by atoms with Gasteiger partial charge >= 0.3 is 0 Å². The van der Waals surface area contributed by atoms with Crippen LogP contribution in [0.4, 0.5) is 0 Å². The topological polar surface area (TPSA) is 41.9 Å². The van der Waals surface area contributed by atoms with Gasteiger partial charge in [-0.05, 0) is 44.6 Å². The summed E-state index contributed by atoms with van der Waals surface area (Å²) in [6, 6.07) is 0. The highest BCUT2D eigenvalue weighted by Crippen LogP contribution is 2.59. The maximum Gasteiger partial charge on any atom is 0.127 e.